The van der Waals surface area contributed by atoms with Gasteiger partial charge < -0.3 is 10.1 Å². The summed E-state index contributed by atoms with van der Waals surface area (Å²) in [7, 11) is 2.91. The zero-order chi connectivity index (χ0) is 16.4. The Hall–Kier alpha value is -2.16. The van der Waals surface area contributed by atoms with E-state index in [0.717, 1.165) is 10.2 Å². The molecule has 1 unspecified atom stereocenters. The normalized spacial score (nSPS) is 12.0. The monoisotopic (exact) mass is 369 g/mol. The second kappa shape index (κ2) is 6.30. The standard InChI is InChI=1S/C13H16BrN5O3/c1-7-9(14)5-19(16-7)8(2)12(20)15-10-6-18(3)17-11(10)13(21)22-4/h5-6,8H,1-4H3,(H,15,20). The molecule has 1 atom stereocenters. The minimum Gasteiger partial charge on any atom is -0.464 e. The minimum absolute atomic E-state index is 0.0587. The van der Waals surface area contributed by atoms with E-state index < -0.39 is 12.0 Å². The Morgan fingerprint density at radius 2 is 2.05 bits per heavy atom. The van der Waals surface area contributed by atoms with E-state index in [4.69, 9.17) is 0 Å². The number of carbonyl (C=O) groups is 2. The summed E-state index contributed by atoms with van der Waals surface area (Å²) in [6.07, 6.45) is 3.27. The smallest absolute Gasteiger partial charge is 0.360 e. The molecule has 9 heteroatoms. The molecule has 22 heavy (non-hydrogen) atoms. The van der Waals surface area contributed by atoms with E-state index in [1.807, 2.05) is 6.92 Å². The zero-order valence-corrected chi connectivity index (χ0v) is 14.2. The largest absolute Gasteiger partial charge is 0.464 e. The van der Waals surface area contributed by atoms with Gasteiger partial charge in [-0.2, -0.15) is 10.2 Å². The van der Waals surface area contributed by atoms with Crippen LogP contribution < -0.4 is 5.32 Å². The van der Waals surface area contributed by atoms with Crippen LogP contribution >= 0.6 is 15.9 Å². The number of aromatic nitrogens is 4. The molecule has 0 saturated heterocycles. The highest BCUT2D eigenvalue weighted by molar-refractivity contribution is 9.10. The van der Waals surface area contributed by atoms with E-state index in [-0.39, 0.29) is 11.6 Å². The molecule has 8 nitrogen and oxygen atoms in total. The molecule has 0 spiro atoms. The van der Waals surface area contributed by atoms with Gasteiger partial charge in [0.05, 0.1) is 23.0 Å². The highest BCUT2D eigenvalue weighted by Crippen LogP contribution is 2.19. The van der Waals surface area contributed by atoms with Gasteiger partial charge in [0, 0.05) is 19.4 Å². The Bertz CT molecular complexity index is 702. The molecule has 0 aliphatic heterocycles. The second-order valence-electron chi connectivity index (χ2n) is 4.76. The molecule has 1 amide bonds. The molecule has 2 aromatic heterocycles. The molecule has 0 aliphatic carbocycles. The lowest BCUT2D eigenvalue weighted by Gasteiger charge is -2.12. The van der Waals surface area contributed by atoms with Crippen molar-refractivity contribution in [2.75, 3.05) is 12.4 Å². The van der Waals surface area contributed by atoms with Crippen LogP contribution in [0.2, 0.25) is 0 Å². The molecule has 2 heterocycles. The van der Waals surface area contributed by atoms with Crippen LogP contribution in [0.5, 0.6) is 0 Å². The number of esters is 1. The first-order chi connectivity index (χ1) is 10.3. The summed E-state index contributed by atoms with van der Waals surface area (Å²) in [5.41, 5.74) is 1.15. The van der Waals surface area contributed by atoms with Crippen molar-refractivity contribution in [3.8, 4) is 0 Å². The van der Waals surface area contributed by atoms with Crippen molar-refractivity contribution in [1.29, 1.82) is 0 Å². The number of anilines is 1. The number of carbonyl (C=O) groups excluding carboxylic acids is 2. The molecule has 0 saturated carbocycles. The van der Waals surface area contributed by atoms with Crippen molar-refractivity contribution in [1.82, 2.24) is 19.6 Å². The van der Waals surface area contributed by atoms with Crippen LogP contribution in [0.1, 0.15) is 29.1 Å². The van der Waals surface area contributed by atoms with Gasteiger partial charge in [-0.1, -0.05) is 0 Å². The van der Waals surface area contributed by atoms with Gasteiger partial charge in [0.25, 0.3) is 0 Å². The number of nitrogens with zero attached hydrogens (tertiary/aromatic N) is 4. The lowest BCUT2D eigenvalue weighted by Crippen LogP contribution is -2.24. The van der Waals surface area contributed by atoms with Crippen molar-refractivity contribution in [2.45, 2.75) is 19.9 Å². The van der Waals surface area contributed by atoms with Crippen LogP contribution in [0, 0.1) is 6.92 Å². The number of amides is 1. The third-order valence-corrected chi connectivity index (χ3v) is 3.88. The van der Waals surface area contributed by atoms with Crippen molar-refractivity contribution >= 4 is 33.5 Å². The first kappa shape index (κ1) is 16.2. The zero-order valence-electron chi connectivity index (χ0n) is 12.6. The van der Waals surface area contributed by atoms with Crippen molar-refractivity contribution in [2.24, 2.45) is 7.05 Å². The summed E-state index contributed by atoms with van der Waals surface area (Å²) in [5, 5.41) is 10.9. The van der Waals surface area contributed by atoms with E-state index in [2.05, 4.69) is 36.2 Å². The average molecular weight is 370 g/mol. The summed E-state index contributed by atoms with van der Waals surface area (Å²) < 4.78 is 8.45. The fourth-order valence-corrected chi connectivity index (χ4v) is 2.13. The lowest BCUT2D eigenvalue weighted by atomic mass is 10.3. The SMILES string of the molecule is COC(=O)c1nn(C)cc1NC(=O)C(C)n1cc(Br)c(C)n1. The number of hydrogen-bond acceptors (Lipinski definition) is 5. The van der Waals surface area contributed by atoms with Crippen molar-refractivity contribution in [3.05, 3.63) is 28.3 Å². The molecule has 0 radical (unpaired) electrons. The average Bonchev–Trinajstić information content (AvgIpc) is 3.00. The van der Waals surface area contributed by atoms with Crippen LogP contribution in [0.4, 0.5) is 5.69 Å². The van der Waals surface area contributed by atoms with E-state index in [0.29, 0.717) is 5.69 Å². The molecule has 118 valence electrons. The first-order valence-corrected chi connectivity index (χ1v) is 7.27. The maximum atomic E-state index is 12.3. The maximum Gasteiger partial charge on any atom is 0.360 e. The number of rotatable bonds is 4. The molecule has 0 bridgehead atoms. The highest BCUT2D eigenvalue weighted by atomic mass is 79.9. The number of methoxy groups -OCH3 is 1. The van der Waals surface area contributed by atoms with Gasteiger partial charge >= 0.3 is 5.97 Å². The number of aryl methyl sites for hydroxylation is 2. The quantitative estimate of drug-likeness (QED) is 0.827. The summed E-state index contributed by atoms with van der Waals surface area (Å²) in [4.78, 5) is 24.0. The van der Waals surface area contributed by atoms with Crippen LogP contribution in [0.15, 0.2) is 16.9 Å². The topological polar surface area (TPSA) is 91.0 Å². The number of halogens is 1. The van der Waals surface area contributed by atoms with Crippen LogP contribution in [0.3, 0.4) is 0 Å². The maximum absolute atomic E-state index is 12.3. The second-order valence-corrected chi connectivity index (χ2v) is 5.62. The molecular formula is C13H16BrN5O3. The number of hydrogen-bond donors (Lipinski definition) is 1. The fraction of sp³-hybridized carbons (Fsp3) is 0.385. The van der Waals surface area contributed by atoms with Crippen LogP contribution in [-0.4, -0.2) is 38.5 Å². The Morgan fingerprint density at radius 3 is 2.59 bits per heavy atom. The number of nitrogens with one attached hydrogen (secondary N) is 1. The van der Waals surface area contributed by atoms with E-state index in [1.165, 1.54) is 11.8 Å². The van der Waals surface area contributed by atoms with Gasteiger partial charge in [0.15, 0.2) is 5.69 Å². The van der Waals surface area contributed by atoms with E-state index >= 15 is 0 Å². The molecular weight excluding hydrogens is 354 g/mol. The van der Waals surface area contributed by atoms with E-state index in [9.17, 15) is 9.59 Å². The predicted octanol–water partition coefficient (Wildman–Crippen LogP) is 1.67. The Balaban J connectivity index is 2.20. The first-order valence-electron chi connectivity index (χ1n) is 6.47. The van der Waals surface area contributed by atoms with Crippen LogP contribution in [-0.2, 0) is 16.6 Å². The minimum atomic E-state index is -0.610. The van der Waals surface area contributed by atoms with Crippen molar-refractivity contribution < 1.29 is 14.3 Å². The summed E-state index contributed by atoms with van der Waals surface area (Å²) >= 11 is 3.35. The fourth-order valence-electron chi connectivity index (χ4n) is 1.84. The third kappa shape index (κ3) is 3.19. The van der Waals surface area contributed by atoms with E-state index in [1.54, 1.807) is 31.0 Å². The van der Waals surface area contributed by atoms with Gasteiger partial charge in [-0.25, -0.2) is 4.79 Å². The molecule has 2 rings (SSSR count). The summed E-state index contributed by atoms with van der Waals surface area (Å²) in [6.45, 7) is 3.55. The molecule has 1 N–H and O–H groups in total. The van der Waals surface area contributed by atoms with Crippen molar-refractivity contribution in [3.63, 3.8) is 0 Å². The van der Waals surface area contributed by atoms with Gasteiger partial charge in [-0.15, -0.1) is 0 Å². The van der Waals surface area contributed by atoms with Gasteiger partial charge in [-0.3, -0.25) is 14.2 Å². The van der Waals surface area contributed by atoms with Gasteiger partial charge in [-0.05, 0) is 29.8 Å². The van der Waals surface area contributed by atoms with Crippen LogP contribution in [0.25, 0.3) is 0 Å². The highest BCUT2D eigenvalue weighted by Gasteiger charge is 2.22. The summed E-state index contributed by atoms with van der Waals surface area (Å²) in [6, 6.07) is -0.546. The molecule has 0 aliphatic rings. The Morgan fingerprint density at radius 1 is 1.36 bits per heavy atom. The third-order valence-electron chi connectivity index (χ3n) is 3.10. The lowest BCUT2D eigenvalue weighted by molar-refractivity contribution is -0.119. The Labute approximate surface area is 135 Å². The van der Waals surface area contributed by atoms with Gasteiger partial charge in [0.1, 0.15) is 6.04 Å². The molecule has 0 aromatic carbocycles. The van der Waals surface area contributed by atoms with Gasteiger partial charge in [0.2, 0.25) is 5.91 Å². The predicted molar refractivity (Wildman–Crippen MR) is 82.6 cm³/mol. The molecule has 0 fully saturated rings. The molecule has 2 aromatic rings. The summed E-state index contributed by atoms with van der Waals surface area (Å²) in [5.74, 6) is -0.922. The number of ether oxygens (including phenoxy) is 1. The Kier molecular flexibility index (Phi) is 4.65.